The summed E-state index contributed by atoms with van der Waals surface area (Å²) in [4.78, 5) is 4.32. The fraction of sp³-hybridized carbons (Fsp3) is 0.583. The van der Waals surface area contributed by atoms with Crippen molar-refractivity contribution in [1.29, 1.82) is 0 Å². The second-order valence-electron chi connectivity index (χ2n) is 4.07. The zero-order valence-corrected chi connectivity index (χ0v) is 11.7. The number of nitrogens with one attached hydrogen (secondary N) is 1. The van der Waals surface area contributed by atoms with Gasteiger partial charge in [-0.2, -0.15) is 4.98 Å². The van der Waals surface area contributed by atoms with Crippen molar-refractivity contribution < 1.29 is 9.47 Å². The molecule has 0 aromatic carbocycles. The number of hydrogen-bond acceptors (Lipinski definition) is 4. The second-order valence-corrected chi connectivity index (χ2v) is 4.88. The highest BCUT2D eigenvalue weighted by atomic mass is 35.5. The van der Waals surface area contributed by atoms with Gasteiger partial charge in [0.2, 0.25) is 5.88 Å². The highest BCUT2D eigenvalue weighted by molar-refractivity contribution is 6.36. The molecule has 0 saturated carbocycles. The number of ether oxygens (including phenoxy) is 2. The van der Waals surface area contributed by atoms with Crippen molar-refractivity contribution in [1.82, 2.24) is 4.98 Å². The number of halogens is 2. The monoisotopic (exact) mass is 290 g/mol. The lowest BCUT2D eigenvalue weighted by molar-refractivity contribution is 0.0238. The molecule has 18 heavy (non-hydrogen) atoms. The zero-order valence-electron chi connectivity index (χ0n) is 10.2. The third-order valence-corrected chi connectivity index (χ3v) is 3.25. The van der Waals surface area contributed by atoms with E-state index < -0.39 is 0 Å². The van der Waals surface area contributed by atoms with Gasteiger partial charge in [-0.1, -0.05) is 23.2 Å². The Morgan fingerprint density at radius 3 is 2.78 bits per heavy atom. The maximum atomic E-state index is 6.09. The van der Waals surface area contributed by atoms with E-state index in [4.69, 9.17) is 32.7 Å². The summed E-state index contributed by atoms with van der Waals surface area (Å²) >= 11 is 12.1. The smallest absolute Gasteiger partial charge is 0.234 e. The summed E-state index contributed by atoms with van der Waals surface area (Å²) in [5.41, 5.74) is 0. The van der Waals surface area contributed by atoms with E-state index in [0.29, 0.717) is 21.7 Å². The molecular weight excluding hydrogens is 275 g/mol. The summed E-state index contributed by atoms with van der Waals surface area (Å²) in [6.07, 6.45) is 1.83. The molecule has 0 aliphatic carbocycles. The van der Waals surface area contributed by atoms with Gasteiger partial charge in [-0.05, 0) is 13.0 Å². The summed E-state index contributed by atoms with van der Waals surface area (Å²) in [6, 6.07) is 1.66. The first-order valence-corrected chi connectivity index (χ1v) is 6.80. The van der Waals surface area contributed by atoms with E-state index in [-0.39, 0.29) is 6.10 Å². The van der Waals surface area contributed by atoms with E-state index in [1.165, 1.54) is 0 Å². The van der Waals surface area contributed by atoms with Crippen molar-refractivity contribution in [3.05, 3.63) is 16.1 Å². The molecule has 0 unspecified atom stereocenters. The molecular formula is C12H16Cl2N2O2. The van der Waals surface area contributed by atoms with Crippen LogP contribution in [0.5, 0.6) is 5.88 Å². The molecule has 2 heterocycles. The highest BCUT2D eigenvalue weighted by Crippen LogP contribution is 2.32. The predicted octanol–water partition coefficient (Wildman–Crippen LogP) is 3.38. The highest BCUT2D eigenvalue weighted by Gasteiger charge is 2.18. The number of rotatable bonds is 4. The minimum Gasteiger partial charge on any atom is -0.473 e. The van der Waals surface area contributed by atoms with Crippen molar-refractivity contribution in [2.45, 2.75) is 25.9 Å². The van der Waals surface area contributed by atoms with Gasteiger partial charge < -0.3 is 14.8 Å². The van der Waals surface area contributed by atoms with Crippen molar-refractivity contribution in [3.63, 3.8) is 0 Å². The molecule has 4 nitrogen and oxygen atoms in total. The second kappa shape index (κ2) is 6.45. The molecule has 6 heteroatoms. The Balaban J connectivity index is 2.12. The Hall–Kier alpha value is -0.710. The molecule has 1 fully saturated rings. The lowest BCUT2D eigenvalue weighted by Crippen LogP contribution is -2.26. The van der Waals surface area contributed by atoms with Crippen LogP contribution in [0.25, 0.3) is 0 Å². The van der Waals surface area contributed by atoms with Crippen LogP contribution in [0.1, 0.15) is 19.8 Å². The fourth-order valence-electron chi connectivity index (χ4n) is 1.78. The SMILES string of the molecule is CCNc1nc(OC2CCOCC2)c(Cl)cc1Cl. The minimum absolute atomic E-state index is 0.111. The first kappa shape index (κ1) is 13.7. The first-order chi connectivity index (χ1) is 8.70. The largest absolute Gasteiger partial charge is 0.473 e. The Morgan fingerprint density at radius 2 is 2.11 bits per heavy atom. The molecule has 0 radical (unpaired) electrons. The molecule has 0 atom stereocenters. The van der Waals surface area contributed by atoms with E-state index in [1.807, 2.05) is 6.92 Å². The maximum absolute atomic E-state index is 6.09. The average Bonchev–Trinajstić information content (AvgIpc) is 2.37. The van der Waals surface area contributed by atoms with Gasteiger partial charge in [-0.15, -0.1) is 0 Å². The van der Waals surface area contributed by atoms with E-state index in [9.17, 15) is 0 Å². The van der Waals surface area contributed by atoms with Gasteiger partial charge in [0, 0.05) is 19.4 Å². The fourth-order valence-corrected chi connectivity index (χ4v) is 2.25. The minimum atomic E-state index is 0.111. The number of hydrogen-bond donors (Lipinski definition) is 1. The molecule has 0 spiro atoms. The predicted molar refractivity (Wildman–Crippen MR) is 72.9 cm³/mol. The molecule has 1 aliphatic rings. The molecule has 2 rings (SSSR count). The molecule has 1 saturated heterocycles. The van der Waals surface area contributed by atoms with E-state index in [0.717, 1.165) is 32.6 Å². The third kappa shape index (κ3) is 3.40. The summed E-state index contributed by atoms with van der Waals surface area (Å²) in [6.45, 7) is 4.16. The van der Waals surface area contributed by atoms with Crippen LogP contribution in [0, 0.1) is 0 Å². The number of anilines is 1. The Morgan fingerprint density at radius 1 is 1.39 bits per heavy atom. The number of aromatic nitrogens is 1. The molecule has 0 bridgehead atoms. The van der Waals surface area contributed by atoms with Crippen LogP contribution in [0.15, 0.2) is 6.07 Å². The average molecular weight is 291 g/mol. The van der Waals surface area contributed by atoms with Crippen molar-refractivity contribution in [2.75, 3.05) is 25.1 Å². The van der Waals surface area contributed by atoms with Crippen LogP contribution in [-0.4, -0.2) is 30.8 Å². The van der Waals surface area contributed by atoms with Gasteiger partial charge in [0.25, 0.3) is 0 Å². The van der Waals surface area contributed by atoms with Gasteiger partial charge in [-0.3, -0.25) is 0 Å². The van der Waals surface area contributed by atoms with Crippen molar-refractivity contribution >= 4 is 29.0 Å². The van der Waals surface area contributed by atoms with Gasteiger partial charge in [0.1, 0.15) is 16.9 Å². The van der Waals surface area contributed by atoms with E-state index in [2.05, 4.69) is 10.3 Å². The molecule has 100 valence electrons. The maximum Gasteiger partial charge on any atom is 0.234 e. The van der Waals surface area contributed by atoms with Gasteiger partial charge in [0.15, 0.2) is 0 Å². The summed E-state index contributed by atoms with van der Waals surface area (Å²) in [5, 5.41) is 4.01. The normalized spacial score (nSPS) is 16.6. The Bertz CT molecular complexity index is 409. The van der Waals surface area contributed by atoms with Crippen LogP contribution in [-0.2, 0) is 4.74 Å². The summed E-state index contributed by atoms with van der Waals surface area (Å²) in [7, 11) is 0. The molecule has 1 N–H and O–H groups in total. The van der Waals surface area contributed by atoms with E-state index >= 15 is 0 Å². The van der Waals surface area contributed by atoms with Gasteiger partial charge >= 0.3 is 0 Å². The van der Waals surface area contributed by atoms with Crippen molar-refractivity contribution in [2.24, 2.45) is 0 Å². The van der Waals surface area contributed by atoms with Crippen LogP contribution >= 0.6 is 23.2 Å². The lowest BCUT2D eigenvalue weighted by atomic mass is 10.1. The van der Waals surface area contributed by atoms with Crippen LogP contribution in [0.3, 0.4) is 0 Å². The molecule has 1 aromatic rings. The molecule has 1 aromatic heterocycles. The summed E-state index contributed by atoms with van der Waals surface area (Å²) < 4.78 is 11.1. The zero-order chi connectivity index (χ0) is 13.0. The van der Waals surface area contributed by atoms with Crippen molar-refractivity contribution in [3.8, 4) is 5.88 Å². The Labute approximate surface area is 117 Å². The number of pyridine rings is 1. The third-order valence-electron chi connectivity index (χ3n) is 2.69. The summed E-state index contributed by atoms with van der Waals surface area (Å²) in [5.74, 6) is 1.04. The standard InChI is InChI=1S/C12H16Cl2N2O2/c1-2-15-11-9(13)7-10(14)12(16-11)18-8-3-5-17-6-4-8/h7-8H,2-6H2,1H3,(H,15,16). The van der Waals surface area contributed by atoms with Crippen LogP contribution < -0.4 is 10.1 Å². The van der Waals surface area contributed by atoms with E-state index in [1.54, 1.807) is 6.07 Å². The van der Waals surface area contributed by atoms with Gasteiger partial charge in [-0.25, -0.2) is 0 Å². The number of nitrogens with zero attached hydrogens (tertiary/aromatic N) is 1. The van der Waals surface area contributed by atoms with Crippen LogP contribution in [0.4, 0.5) is 5.82 Å². The molecule has 0 amide bonds. The quantitative estimate of drug-likeness (QED) is 0.923. The Kier molecular flexibility index (Phi) is 4.92. The first-order valence-electron chi connectivity index (χ1n) is 6.05. The lowest BCUT2D eigenvalue weighted by Gasteiger charge is -2.23. The molecule has 1 aliphatic heterocycles. The topological polar surface area (TPSA) is 43.4 Å². The van der Waals surface area contributed by atoms with Gasteiger partial charge in [0.05, 0.1) is 18.2 Å². The van der Waals surface area contributed by atoms with Crippen LogP contribution in [0.2, 0.25) is 10.0 Å².